The first-order chi connectivity index (χ1) is 6.74. The first-order valence-corrected chi connectivity index (χ1v) is 5.29. The van der Waals surface area contributed by atoms with Crippen molar-refractivity contribution < 1.29 is 5.11 Å². The Balaban J connectivity index is 1.88. The molecule has 0 bridgehead atoms. The lowest BCUT2D eigenvalue weighted by molar-refractivity contribution is 0.475. The SMILES string of the molecule is CC(CC1CC1)Nc1cccc(O)c1. The highest BCUT2D eigenvalue weighted by atomic mass is 16.3. The molecule has 1 aromatic carbocycles. The highest BCUT2D eigenvalue weighted by Crippen LogP contribution is 2.34. The van der Waals surface area contributed by atoms with Crippen molar-refractivity contribution in [3.63, 3.8) is 0 Å². The molecule has 2 heteroatoms. The summed E-state index contributed by atoms with van der Waals surface area (Å²) in [6.45, 7) is 2.20. The maximum absolute atomic E-state index is 9.28. The van der Waals surface area contributed by atoms with Gasteiger partial charge in [-0.05, 0) is 31.4 Å². The second kappa shape index (κ2) is 3.91. The summed E-state index contributed by atoms with van der Waals surface area (Å²) >= 11 is 0. The molecule has 1 atom stereocenters. The quantitative estimate of drug-likeness (QED) is 0.766. The van der Waals surface area contributed by atoms with Gasteiger partial charge >= 0.3 is 0 Å². The first-order valence-electron chi connectivity index (χ1n) is 5.29. The Labute approximate surface area is 85.0 Å². The zero-order chi connectivity index (χ0) is 9.97. The van der Waals surface area contributed by atoms with Crippen LogP contribution >= 0.6 is 0 Å². The third kappa shape index (κ3) is 2.66. The molecule has 2 nitrogen and oxygen atoms in total. The lowest BCUT2D eigenvalue weighted by Crippen LogP contribution is -2.15. The van der Waals surface area contributed by atoms with E-state index in [0.717, 1.165) is 11.6 Å². The zero-order valence-corrected chi connectivity index (χ0v) is 8.53. The summed E-state index contributed by atoms with van der Waals surface area (Å²) in [6, 6.07) is 7.81. The Morgan fingerprint density at radius 1 is 1.50 bits per heavy atom. The number of phenolic OH excluding ortho intramolecular Hbond substituents is 1. The van der Waals surface area contributed by atoms with E-state index in [1.807, 2.05) is 12.1 Å². The van der Waals surface area contributed by atoms with E-state index in [1.165, 1.54) is 19.3 Å². The van der Waals surface area contributed by atoms with E-state index in [-0.39, 0.29) is 0 Å². The molecule has 2 rings (SSSR count). The summed E-state index contributed by atoms with van der Waals surface area (Å²) in [6.07, 6.45) is 4.04. The van der Waals surface area contributed by atoms with Crippen LogP contribution in [0.4, 0.5) is 5.69 Å². The third-order valence-corrected chi connectivity index (χ3v) is 2.64. The van der Waals surface area contributed by atoms with Gasteiger partial charge in [0.05, 0.1) is 0 Å². The Kier molecular flexibility index (Phi) is 2.62. The van der Waals surface area contributed by atoms with Crippen LogP contribution in [0.15, 0.2) is 24.3 Å². The van der Waals surface area contributed by atoms with Gasteiger partial charge in [0.25, 0.3) is 0 Å². The molecule has 1 fully saturated rings. The number of rotatable bonds is 4. The lowest BCUT2D eigenvalue weighted by Gasteiger charge is -2.14. The molecule has 0 aliphatic heterocycles. The summed E-state index contributed by atoms with van der Waals surface area (Å²) in [7, 11) is 0. The Morgan fingerprint density at radius 2 is 2.29 bits per heavy atom. The molecule has 1 unspecified atom stereocenters. The van der Waals surface area contributed by atoms with Gasteiger partial charge in [-0.25, -0.2) is 0 Å². The fraction of sp³-hybridized carbons (Fsp3) is 0.500. The smallest absolute Gasteiger partial charge is 0.117 e. The third-order valence-electron chi connectivity index (χ3n) is 2.64. The predicted molar refractivity (Wildman–Crippen MR) is 58.5 cm³/mol. The van der Waals surface area contributed by atoms with Crippen molar-refractivity contribution >= 4 is 5.69 Å². The van der Waals surface area contributed by atoms with E-state index in [2.05, 4.69) is 12.2 Å². The van der Waals surface area contributed by atoms with Gasteiger partial charge in [0.2, 0.25) is 0 Å². The van der Waals surface area contributed by atoms with Crippen LogP contribution in [0.5, 0.6) is 5.75 Å². The van der Waals surface area contributed by atoms with E-state index in [4.69, 9.17) is 0 Å². The normalized spacial score (nSPS) is 17.8. The summed E-state index contributed by atoms with van der Waals surface area (Å²) in [5, 5.41) is 12.7. The van der Waals surface area contributed by atoms with Crippen molar-refractivity contribution in [3.05, 3.63) is 24.3 Å². The largest absolute Gasteiger partial charge is 0.508 e. The fourth-order valence-electron chi connectivity index (χ4n) is 1.79. The van der Waals surface area contributed by atoms with E-state index >= 15 is 0 Å². The molecule has 1 aromatic rings. The molecular weight excluding hydrogens is 174 g/mol. The molecule has 14 heavy (non-hydrogen) atoms. The van der Waals surface area contributed by atoms with Gasteiger partial charge in [0.15, 0.2) is 0 Å². The van der Waals surface area contributed by atoms with Crippen molar-refractivity contribution in [3.8, 4) is 5.75 Å². The molecule has 0 amide bonds. The predicted octanol–water partition coefficient (Wildman–Crippen LogP) is 2.99. The molecule has 0 aromatic heterocycles. The summed E-state index contributed by atoms with van der Waals surface area (Å²) in [5.41, 5.74) is 1.01. The Hall–Kier alpha value is -1.18. The van der Waals surface area contributed by atoms with Crippen LogP contribution in [-0.2, 0) is 0 Å². The number of benzene rings is 1. The van der Waals surface area contributed by atoms with Gasteiger partial charge in [0.1, 0.15) is 5.75 Å². The van der Waals surface area contributed by atoms with Crippen molar-refractivity contribution in [2.24, 2.45) is 5.92 Å². The van der Waals surface area contributed by atoms with E-state index in [9.17, 15) is 5.11 Å². The number of phenols is 1. The van der Waals surface area contributed by atoms with E-state index in [1.54, 1.807) is 12.1 Å². The minimum atomic E-state index is 0.327. The van der Waals surface area contributed by atoms with E-state index < -0.39 is 0 Å². The van der Waals surface area contributed by atoms with Crippen LogP contribution < -0.4 is 5.32 Å². The average molecular weight is 191 g/mol. The standard InChI is InChI=1S/C12H17NO/c1-9(7-10-5-6-10)13-11-3-2-4-12(14)8-11/h2-4,8-10,13-14H,5-7H2,1H3. The Bertz CT molecular complexity index is 307. The monoisotopic (exact) mass is 191 g/mol. The second-order valence-electron chi connectivity index (χ2n) is 4.27. The maximum atomic E-state index is 9.28. The van der Waals surface area contributed by atoms with Crippen LogP contribution in [-0.4, -0.2) is 11.1 Å². The van der Waals surface area contributed by atoms with Crippen LogP contribution in [0.3, 0.4) is 0 Å². The molecule has 1 saturated carbocycles. The van der Waals surface area contributed by atoms with Crippen molar-refractivity contribution in [2.45, 2.75) is 32.2 Å². The van der Waals surface area contributed by atoms with Crippen LogP contribution in [0.1, 0.15) is 26.2 Å². The maximum Gasteiger partial charge on any atom is 0.117 e. The number of nitrogens with one attached hydrogen (secondary N) is 1. The topological polar surface area (TPSA) is 32.3 Å². The van der Waals surface area contributed by atoms with Gasteiger partial charge in [-0.3, -0.25) is 0 Å². The molecule has 0 heterocycles. The second-order valence-corrected chi connectivity index (χ2v) is 4.27. The number of hydrogen-bond acceptors (Lipinski definition) is 2. The molecule has 2 N–H and O–H groups in total. The van der Waals surface area contributed by atoms with Gasteiger partial charge in [-0.2, -0.15) is 0 Å². The zero-order valence-electron chi connectivity index (χ0n) is 8.53. The molecule has 0 radical (unpaired) electrons. The van der Waals surface area contributed by atoms with Crippen LogP contribution in [0.25, 0.3) is 0 Å². The molecule has 1 aliphatic carbocycles. The van der Waals surface area contributed by atoms with Gasteiger partial charge < -0.3 is 10.4 Å². The lowest BCUT2D eigenvalue weighted by atomic mass is 10.1. The van der Waals surface area contributed by atoms with Crippen LogP contribution in [0.2, 0.25) is 0 Å². The fourth-order valence-corrected chi connectivity index (χ4v) is 1.79. The highest BCUT2D eigenvalue weighted by Gasteiger charge is 2.23. The van der Waals surface area contributed by atoms with Crippen molar-refractivity contribution in [2.75, 3.05) is 5.32 Å². The van der Waals surface area contributed by atoms with Crippen molar-refractivity contribution in [1.29, 1.82) is 0 Å². The minimum absolute atomic E-state index is 0.327. The average Bonchev–Trinajstić information content (AvgIpc) is 2.87. The number of anilines is 1. The Morgan fingerprint density at radius 3 is 2.93 bits per heavy atom. The summed E-state index contributed by atoms with van der Waals surface area (Å²) in [5.74, 6) is 1.27. The van der Waals surface area contributed by atoms with Gasteiger partial charge in [-0.15, -0.1) is 0 Å². The van der Waals surface area contributed by atoms with Gasteiger partial charge in [-0.1, -0.05) is 18.9 Å². The minimum Gasteiger partial charge on any atom is -0.508 e. The van der Waals surface area contributed by atoms with Crippen molar-refractivity contribution in [1.82, 2.24) is 0 Å². The molecule has 0 spiro atoms. The van der Waals surface area contributed by atoms with Gasteiger partial charge in [0, 0.05) is 17.8 Å². The highest BCUT2D eigenvalue weighted by molar-refractivity contribution is 5.48. The van der Waals surface area contributed by atoms with E-state index in [0.29, 0.717) is 11.8 Å². The molecule has 0 saturated heterocycles. The number of aromatic hydroxyl groups is 1. The summed E-state index contributed by atoms with van der Waals surface area (Å²) in [4.78, 5) is 0. The van der Waals surface area contributed by atoms with Crippen LogP contribution in [0, 0.1) is 5.92 Å². The first kappa shape index (κ1) is 9.38. The summed E-state index contributed by atoms with van der Waals surface area (Å²) < 4.78 is 0. The number of hydrogen-bond donors (Lipinski definition) is 2. The molecule has 76 valence electrons. The molecule has 1 aliphatic rings. The molecular formula is C12H17NO.